The SMILES string of the molecule is CC1CCCN(C(=O)CCBr)C1. The first-order valence-electron chi connectivity index (χ1n) is 4.57. The summed E-state index contributed by atoms with van der Waals surface area (Å²) < 4.78 is 0. The van der Waals surface area contributed by atoms with Crippen LogP contribution in [0.3, 0.4) is 0 Å². The summed E-state index contributed by atoms with van der Waals surface area (Å²) in [5, 5.41) is 0.788. The second kappa shape index (κ2) is 4.85. The Kier molecular flexibility index (Phi) is 4.06. The van der Waals surface area contributed by atoms with Crippen molar-refractivity contribution in [3.8, 4) is 0 Å². The molecule has 0 saturated carbocycles. The molecular formula is C9H16BrNO. The number of rotatable bonds is 2. The first-order valence-corrected chi connectivity index (χ1v) is 5.70. The summed E-state index contributed by atoms with van der Waals surface area (Å²) in [4.78, 5) is 13.4. The van der Waals surface area contributed by atoms with Crippen molar-refractivity contribution in [3.05, 3.63) is 0 Å². The van der Waals surface area contributed by atoms with Crippen LogP contribution < -0.4 is 0 Å². The first-order chi connectivity index (χ1) is 5.74. The van der Waals surface area contributed by atoms with Crippen LogP contribution in [0.25, 0.3) is 0 Å². The Bertz CT molecular complexity index is 161. The molecule has 1 atom stereocenters. The van der Waals surface area contributed by atoms with Gasteiger partial charge in [-0.25, -0.2) is 0 Å². The summed E-state index contributed by atoms with van der Waals surface area (Å²) >= 11 is 3.28. The Morgan fingerprint density at radius 2 is 2.42 bits per heavy atom. The maximum atomic E-state index is 11.4. The summed E-state index contributed by atoms with van der Waals surface area (Å²) in [7, 11) is 0. The lowest BCUT2D eigenvalue weighted by Crippen LogP contribution is -2.39. The number of amides is 1. The number of piperidine rings is 1. The number of likely N-dealkylation sites (tertiary alicyclic amines) is 1. The molecule has 0 spiro atoms. The molecule has 1 aliphatic rings. The summed E-state index contributed by atoms with van der Waals surface area (Å²) in [6.45, 7) is 4.15. The van der Waals surface area contributed by atoms with Crippen LogP contribution in [0.5, 0.6) is 0 Å². The van der Waals surface area contributed by atoms with E-state index < -0.39 is 0 Å². The third-order valence-corrected chi connectivity index (χ3v) is 2.71. The third-order valence-electron chi connectivity index (χ3n) is 2.32. The Balaban J connectivity index is 2.35. The number of carbonyl (C=O) groups is 1. The average molecular weight is 234 g/mol. The molecule has 1 heterocycles. The molecule has 1 fully saturated rings. The number of carbonyl (C=O) groups excluding carboxylic acids is 1. The van der Waals surface area contributed by atoms with Crippen LogP contribution in [0, 0.1) is 5.92 Å². The van der Waals surface area contributed by atoms with Gasteiger partial charge in [0.15, 0.2) is 0 Å². The molecule has 70 valence electrons. The highest BCUT2D eigenvalue weighted by Crippen LogP contribution is 2.16. The fraction of sp³-hybridized carbons (Fsp3) is 0.889. The molecule has 0 N–H and O–H groups in total. The van der Waals surface area contributed by atoms with E-state index in [9.17, 15) is 4.79 Å². The second-order valence-electron chi connectivity index (χ2n) is 3.53. The van der Waals surface area contributed by atoms with Gasteiger partial charge in [0.25, 0.3) is 0 Å². The molecule has 2 nitrogen and oxygen atoms in total. The fourth-order valence-electron chi connectivity index (χ4n) is 1.65. The van der Waals surface area contributed by atoms with Gasteiger partial charge in [-0.2, -0.15) is 0 Å². The molecule has 1 unspecified atom stereocenters. The van der Waals surface area contributed by atoms with E-state index in [4.69, 9.17) is 0 Å². The highest BCUT2D eigenvalue weighted by Gasteiger charge is 2.19. The van der Waals surface area contributed by atoms with Crippen molar-refractivity contribution in [2.45, 2.75) is 26.2 Å². The van der Waals surface area contributed by atoms with Crippen LogP contribution in [0.2, 0.25) is 0 Å². The predicted molar refractivity (Wildman–Crippen MR) is 53.4 cm³/mol. The smallest absolute Gasteiger partial charge is 0.223 e. The van der Waals surface area contributed by atoms with Crippen molar-refractivity contribution >= 4 is 21.8 Å². The maximum Gasteiger partial charge on any atom is 0.223 e. The topological polar surface area (TPSA) is 20.3 Å². The van der Waals surface area contributed by atoms with E-state index >= 15 is 0 Å². The lowest BCUT2D eigenvalue weighted by Gasteiger charge is -2.30. The monoisotopic (exact) mass is 233 g/mol. The number of hydrogen-bond acceptors (Lipinski definition) is 1. The van der Waals surface area contributed by atoms with Crippen molar-refractivity contribution in [3.63, 3.8) is 0 Å². The Morgan fingerprint density at radius 3 is 3.00 bits per heavy atom. The third kappa shape index (κ3) is 2.77. The molecule has 12 heavy (non-hydrogen) atoms. The molecule has 1 aliphatic heterocycles. The van der Waals surface area contributed by atoms with Gasteiger partial charge in [0.1, 0.15) is 0 Å². The second-order valence-corrected chi connectivity index (χ2v) is 4.32. The highest BCUT2D eigenvalue weighted by molar-refractivity contribution is 9.09. The molecule has 0 aromatic heterocycles. The van der Waals surface area contributed by atoms with Gasteiger partial charge < -0.3 is 4.90 Å². The minimum absolute atomic E-state index is 0.304. The Labute approximate surface area is 82.4 Å². The van der Waals surface area contributed by atoms with Gasteiger partial charge in [0.05, 0.1) is 0 Å². The van der Waals surface area contributed by atoms with E-state index in [1.807, 2.05) is 4.90 Å². The van der Waals surface area contributed by atoms with E-state index in [0.29, 0.717) is 18.2 Å². The van der Waals surface area contributed by atoms with Gasteiger partial charge in [-0.15, -0.1) is 0 Å². The average Bonchev–Trinajstić information content (AvgIpc) is 2.05. The van der Waals surface area contributed by atoms with E-state index in [0.717, 1.165) is 18.4 Å². The normalized spacial score (nSPS) is 24.2. The molecule has 1 amide bonds. The van der Waals surface area contributed by atoms with Crippen LogP contribution in [-0.2, 0) is 4.79 Å². The number of alkyl halides is 1. The van der Waals surface area contributed by atoms with Crippen molar-refractivity contribution in [2.75, 3.05) is 18.4 Å². The standard InChI is InChI=1S/C9H16BrNO/c1-8-3-2-6-11(7-8)9(12)4-5-10/h8H,2-7H2,1H3. The zero-order valence-corrected chi connectivity index (χ0v) is 9.14. The van der Waals surface area contributed by atoms with E-state index in [1.165, 1.54) is 12.8 Å². The molecule has 1 saturated heterocycles. The molecule has 3 heteroatoms. The van der Waals surface area contributed by atoms with Crippen LogP contribution in [0.4, 0.5) is 0 Å². The Morgan fingerprint density at radius 1 is 1.67 bits per heavy atom. The van der Waals surface area contributed by atoms with Gasteiger partial charge in [-0.1, -0.05) is 22.9 Å². The van der Waals surface area contributed by atoms with Gasteiger partial charge in [-0.05, 0) is 18.8 Å². The van der Waals surface area contributed by atoms with Gasteiger partial charge in [0.2, 0.25) is 5.91 Å². The Hall–Kier alpha value is -0.0500. The lowest BCUT2D eigenvalue weighted by molar-refractivity contribution is -0.132. The highest BCUT2D eigenvalue weighted by atomic mass is 79.9. The van der Waals surface area contributed by atoms with E-state index in [2.05, 4.69) is 22.9 Å². The van der Waals surface area contributed by atoms with Crippen LogP contribution in [0.15, 0.2) is 0 Å². The van der Waals surface area contributed by atoms with E-state index in [1.54, 1.807) is 0 Å². The van der Waals surface area contributed by atoms with Crippen LogP contribution >= 0.6 is 15.9 Å². The zero-order valence-electron chi connectivity index (χ0n) is 7.55. The molecule has 0 bridgehead atoms. The summed E-state index contributed by atoms with van der Waals surface area (Å²) in [5.74, 6) is 0.997. The van der Waals surface area contributed by atoms with Gasteiger partial charge in [-0.3, -0.25) is 4.79 Å². The van der Waals surface area contributed by atoms with Crippen molar-refractivity contribution < 1.29 is 4.79 Å². The van der Waals surface area contributed by atoms with Gasteiger partial charge >= 0.3 is 0 Å². The van der Waals surface area contributed by atoms with Crippen molar-refractivity contribution in [1.29, 1.82) is 0 Å². The maximum absolute atomic E-state index is 11.4. The lowest BCUT2D eigenvalue weighted by atomic mass is 10.0. The fourth-order valence-corrected chi connectivity index (χ4v) is 1.99. The largest absolute Gasteiger partial charge is 0.342 e. The van der Waals surface area contributed by atoms with Crippen molar-refractivity contribution in [2.24, 2.45) is 5.92 Å². The van der Waals surface area contributed by atoms with Gasteiger partial charge in [0, 0.05) is 24.8 Å². The van der Waals surface area contributed by atoms with Crippen LogP contribution in [0.1, 0.15) is 26.2 Å². The molecule has 0 aliphatic carbocycles. The zero-order chi connectivity index (χ0) is 8.97. The van der Waals surface area contributed by atoms with Crippen molar-refractivity contribution in [1.82, 2.24) is 4.90 Å². The number of hydrogen-bond donors (Lipinski definition) is 0. The first kappa shape index (κ1) is 10.0. The number of nitrogens with zero attached hydrogens (tertiary/aromatic N) is 1. The molecule has 1 rings (SSSR count). The minimum atomic E-state index is 0.304. The van der Waals surface area contributed by atoms with E-state index in [-0.39, 0.29) is 0 Å². The summed E-state index contributed by atoms with van der Waals surface area (Å²) in [6, 6.07) is 0. The number of halogens is 1. The molecule has 0 aromatic carbocycles. The minimum Gasteiger partial charge on any atom is -0.342 e. The summed E-state index contributed by atoms with van der Waals surface area (Å²) in [6.07, 6.45) is 3.10. The molecule has 0 aromatic rings. The molecular weight excluding hydrogens is 218 g/mol. The predicted octanol–water partition coefficient (Wildman–Crippen LogP) is 2.03. The summed E-state index contributed by atoms with van der Waals surface area (Å²) in [5.41, 5.74) is 0. The van der Waals surface area contributed by atoms with Crippen LogP contribution in [-0.4, -0.2) is 29.2 Å². The molecule has 0 radical (unpaired) electrons. The quantitative estimate of drug-likeness (QED) is 0.669.